The third-order valence-corrected chi connectivity index (χ3v) is 6.96. The molecule has 1 aromatic heterocycles. The zero-order valence-corrected chi connectivity index (χ0v) is 16.9. The zero-order valence-electron chi connectivity index (χ0n) is 15.3. The van der Waals surface area contributed by atoms with Crippen LogP contribution in [0.15, 0.2) is 50.8 Å². The third-order valence-electron chi connectivity index (χ3n) is 4.37. The molecule has 0 radical (unpaired) electrons. The van der Waals surface area contributed by atoms with E-state index in [-0.39, 0.29) is 17.3 Å². The van der Waals surface area contributed by atoms with Crippen molar-refractivity contribution in [3.05, 3.63) is 47.9 Å². The number of morpholine rings is 1. The van der Waals surface area contributed by atoms with Crippen molar-refractivity contribution in [3.8, 4) is 0 Å². The highest BCUT2D eigenvalue weighted by Gasteiger charge is 2.26. The summed E-state index contributed by atoms with van der Waals surface area (Å²) in [7, 11) is -2.27. The summed E-state index contributed by atoms with van der Waals surface area (Å²) in [5.41, 5.74) is 0.400. The summed E-state index contributed by atoms with van der Waals surface area (Å²) in [6.07, 6.45) is 3.37. The molecule has 1 saturated heterocycles. The number of hydrogen-bond acceptors (Lipinski definition) is 6. The molecule has 0 saturated carbocycles. The van der Waals surface area contributed by atoms with E-state index in [4.69, 9.17) is 9.15 Å². The molecule has 27 heavy (non-hydrogen) atoms. The minimum atomic E-state index is -3.76. The molecule has 0 spiro atoms. The van der Waals surface area contributed by atoms with Gasteiger partial charge >= 0.3 is 0 Å². The molecule has 0 N–H and O–H groups in total. The van der Waals surface area contributed by atoms with E-state index in [0.717, 1.165) is 4.90 Å². The van der Waals surface area contributed by atoms with Crippen LogP contribution < -0.4 is 0 Å². The smallest absolute Gasteiger partial charge is 0.255 e. The topological polar surface area (TPSA) is 80.1 Å². The lowest BCUT2D eigenvalue weighted by Gasteiger charge is -2.27. The fourth-order valence-corrected chi connectivity index (χ4v) is 4.57. The van der Waals surface area contributed by atoms with Gasteiger partial charge in [0, 0.05) is 25.0 Å². The van der Waals surface area contributed by atoms with Gasteiger partial charge in [0.25, 0.3) is 5.91 Å². The van der Waals surface area contributed by atoms with Gasteiger partial charge in [-0.2, -0.15) is 4.31 Å². The first-order valence-corrected chi connectivity index (χ1v) is 11.1. The van der Waals surface area contributed by atoms with E-state index in [9.17, 15) is 13.2 Å². The predicted molar refractivity (Wildman–Crippen MR) is 102 cm³/mol. The van der Waals surface area contributed by atoms with Gasteiger partial charge in [-0.1, -0.05) is 0 Å². The number of furan rings is 1. The highest BCUT2D eigenvalue weighted by molar-refractivity contribution is 7.98. The number of carbonyl (C=O) groups excluding carboxylic acids is 1. The molecule has 2 aromatic rings. The van der Waals surface area contributed by atoms with E-state index < -0.39 is 10.0 Å². The number of sulfonamides is 1. The molecule has 2 heterocycles. The highest BCUT2D eigenvalue weighted by atomic mass is 32.2. The van der Waals surface area contributed by atoms with Crippen LogP contribution in [0.1, 0.15) is 16.1 Å². The van der Waals surface area contributed by atoms with E-state index >= 15 is 0 Å². The second-order valence-electron chi connectivity index (χ2n) is 6.11. The third kappa shape index (κ3) is 4.37. The number of thioether (sulfide) groups is 1. The molecule has 1 aromatic carbocycles. The standard InChI is InChI=1S/C18H22N2O5S2/c1-19(13-14-4-3-9-25-14)27(22,23)15-5-6-17(26-2)16(12-15)18(21)20-7-10-24-11-8-20/h3-6,9,12H,7-8,10-11,13H2,1-2H3. The van der Waals surface area contributed by atoms with E-state index in [1.165, 1.54) is 41.5 Å². The van der Waals surface area contributed by atoms with Crippen LogP contribution >= 0.6 is 11.8 Å². The molecule has 0 aliphatic carbocycles. The van der Waals surface area contributed by atoms with Crippen LogP contribution in [-0.4, -0.2) is 63.1 Å². The van der Waals surface area contributed by atoms with Crippen molar-refractivity contribution in [3.63, 3.8) is 0 Å². The zero-order chi connectivity index (χ0) is 19.4. The van der Waals surface area contributed by atoms with Crippen LogP contribution in [0.4, 0.5) is 0 Å². The molecule has 1 amide bonds. The number of rotatable bonds is 6. The molecular weight excluding hydrogens is 388 g/mol. The van der Waals surface area contributed by atoms with Gasteiger partial charge in [0.15, 0.2) is 0 Å². The van der Waals surface area contributed by atoms with Crippen LogP contribution in [-0.2, 0) is 21.3 Å². The van der Waals surface area contributed by atoms with E-state index in [1.807, 2.05) is 6.26 Å². The van der Waals surface area contributed by atoms with Gasteiger partial charge in [0.1, 0.15) is 5.76 Å². The molecule has 0 bridgehead atoms. The second-order valence-corrected chi connectivity index (χ2v) is 9.00. The first-order valence-electron chi connectivity index (χ1n) is 8.47. The molecule has 1 fully saturated rings. The maximum absolute atomic E-state index is 12.9. The Morgan fingerprint density at radius 3 is 2.63 bits per heavy atom. The van der Waals surface area contributed by atoms with Crippen molar-refractivity contribution in [1.29, 1.82) is 0 Å². The van der Waals surface area contributed by atoms with Crippen molar-refractivity contribution in [2.45, 2.75) is 16.3 Å². The van der Waals surface area contributed by atoms with Crippen molar-refractivity contribution in [1.82, 2.24) is 9.21 Å². The monoisotopic (exact) mass is 410 g/mol. The summed E-state index contributed by atoms with van der Waals surface area (Å²) in [6.45, 7) is 2.10. The summed E-state index contributed by atoms with van der Waals surface area (Å²) >= 11 is 1.42. The Hall–Kier alpha value is -1.81. The second kappa shape index (κ2) is 8.47. The van der Waals surface area contributed by atoms with E-state index in [2.05, 4.69) is 0 Å². The summed E-state index contributed by atoms with van der Waals surface area (Å²) in [5.74, 6) is 0.375. The lowest BCUT2D eigenvalue weighted by Crippen LogP contribution is -2.41. The van der Waals surface area contributed by atoms with E-state index in [0.29, 0.717) is 37.6 Å². The van der Waals surface area contributed by atoms with Crippen molar-refractivity contribution in [2.75, 3.05) is 39.6 Å². The predicted octanol–water partition coefficient (Wildman–Crippen LogP) is 2.29. The van der Waals surface area contributed by atoms with E-state index in [1.54, 1.807) is 23.1 Å². The van der Waals surface area contributed by atoms with Crippen LogP contribution in [0, 0.1) is 0 Å². The summed E-state index contributed by atoms with van der Waals surface area (Å²) in [6, 6.07) is 8.12. The molecular formula is C18H22N2O5S2. The summed E-state index contributed by atoms with van der Waals surface area (Å²) in [5, 5.41) is 0. The Balaban J connectivity index is 1.90. The van der Waals surface area contributed by atoms with Crippen molar-refractivity contribution >= 4 is 27.7 Å². The fourth-order valence-electron chi connectivity index (χ4n) is 2.84. The summed E-state index contributed by atoms with van der Waals surface area (Å²) in [4.78, 5) is 15.5. The van der Waals surface area contributed by atoms with Gasteiger partial charge < -0.3 is 14.1 Å². The minimum absolute atomic E-state index is 0.0889. The average Bonchev–Trinajstić information content (AvgIpc) is 3.20. The van der Waals surface area contributed by atoms with Gasteiger partial charge in [-0.15, -0.1) is 11.8 Å². The number of benzene rings is 1. The maximum Gasteiger partial charge on any atom is 0.255 e. The number of hydrogen-bond donors (Lipinski definition) is 0. The molecule has 146 valence electrons. The lowest BCUT2D eigenvalue weighted by molar-refractivity contribution is 0.0300. The van der Waals surface area contributed by atoms with Crippen LogP contribution in [0.2, 0.25) is 0 Å². The van der Waals surface area contributed by atoms with Gasteiger partial charge in [0.2, 0.25) is 10.0 Å². The molecule has 0 atom stereocenters. The lowest BCUT2D eigenvalue weighted by atomic mass is 10.2. The fraction of sp³-hybridized carbons (Fsp3) is 0.389. The number of ether oxygens (including phenoxy) is 1. The van der Waals surface area contributed by atoms with Crippen LogP contribution in [0.25, 0.3) is 0 Å². The Kier molecular flexibility index (Phi) is 6.25. The molecule has 9 heteroatoms. The molecule has 0 unspecified atom stereocenters. The number of nitrogens with zero attached hydrogens (tertiary/aromatic N) is 2. The minimum Gasteiger partial charge on any atom is -0.468 e. The van der Waals surface area contributed by atoms with Gasteiger partial charge in [-0.25, -0.2) is 8.42 Å². The quantitative estimate of drug-likeness (QED) is 0.680. The first kappa shape index (κ1) is 19.9. The first-order chi connectivity index (χ1) is 12.9. The molecule has 3 rings (SSSR count). The molecule has 1 aliphatic heterocycles. The maximum atomic E-state index is 12.9. The Bertz CT molecular complexity index is 890. The Morgan fingerprint density at radius 2 is 2.00 bits per heavy atom. The Labute approximate surface area is 163 Å². The van der Waals surface area contributed by atoms with Gasteiger partial charge in [-0.3, -0.25) is 4.79 Å². The van der Waals surface area contributed by atoms with Crippen molar-refractivity contribution in [2.24, 2.45) is 0 Å². The molecule has 1 aliphatic rings. The van der Waals surface area contributed by atoms with Gasteiger partial charge in [-0.05, 0) is 36.6 Å². The molecule has 7 nitrogen and oxygen atoms in total. The normalized spacial score (nSPS) is 15.3. The highest BCUT2D eigenvalue weighted by Crippen LogP contribution is 2.27. The van der Waals surface area contributed by atoms with Crippen LogP contribution in [0.3, 0.4) is 0 Å². The average molecular weight is 411 g/mol. The SMILES string of the molecule is CSc1ccc(S(=O)(=O)N(C)Cc2ccco2)cc1C(=O)N1CCOCC1. The number of carbonyl (C=O) groups is 1. The largest absolute Gasteiger partial charge is 0.468 e. The van der Waals surface area contributed by atoms with Crippen LogP contribution in [0.5, 0.6) is 0 Å². The van der Waals surface area contributed by atoms with Gasteiger partial charge in [0.05, 0.1) is 36.5 Å². The number of amides is 1. The van der Waals surface area contributed by atoms with Crippen molar-refractivity contribution < 1.29 is 22.4 Å². The Morgan fingerprint density at radius 1 is 1.26 bits per heavy atom. The summed E-state index contributed by atoms with van der Waals surface area (Å²) < 4.78 is 37.6.